The number of nitrogens with one attached hydrogen (secondary N) is 2. The first-order valence-electron chi connectivity index (χ1n) is 8.39. The molecule has 0 spiro atoms. The van der Waals surface area contributed by atoms with Crippen molar-refractivity contribution < 1.29 is 4.79 Å². The number of aryl methyl sites for hydroxylation is 1. The van der Waals surface area contributed by atoms with Crippen LogP contribution in [0.25, 0.3) is 0 Å². The van der Waals surface area contributed by atoms with Gasteiger partial charge in [-0.05, 0) is 42.9 Å². The van der Waals surface area contributed by atoms with E-state index in [9.17, 15) is 4.79 Å². The fourth-order valence-corrected chi connectivity index (χ4v) is 3.25. The number of rotatable bonds is 5. The molecule has 3 heteroatoms. The Hall–Kier alpha value is -2.13. The molecule has 1 aliphatic carbocycles. The SMILES string of the molecule is C[C@H](NCC(=O)N[C@H]1CCCc2ccccc21)c1ccccc1. The molecule has 23 heavy (non-hydrogen) atoms. The van der Waals surface area contributed by atoms with Gasteiger partial charge >= 0.3 is 0 Å². The smallest absolute Gasteiger partial charge is 0.234 e. The van der Waals surface area contributed by atoms with Gasteiger partial charge in [0.25, 0.3) is 0 Å². The standard InChI is InChI=1S/C20H24N2O/c1-15(16-8-3-2-4-9-16)21-14-20(23)22-19-13-7-11-17-10-5-6-12-18(17)19/h2-6,8-10,12,15,19,21H,7,11,13-14H2,1H3,(H,22,23)/t15-,19-/m0/s1. The molecular formula is C20H24N2O. The fourth-order valence-electron chi connectivity index (χ4n) is 3.25. The van der Waals surface area contributed by atoms with Crippen molar-refractivity contribution in [3.05, 3.63) is 71.3 Å². The van der Waals surface area contributed by atoms with Crippen molar-refractivity contribution in [1.29, 1.82) is 0 Å². The van der Waals surface area contributed by atoms with E-state index in [1.54, 1.807) is 0 Å². The van der Waals surface area contributed by atoms with Gasteiger partial charge in [-0.2, -0.15) is 0 Å². The molecule has 120 valence electrons. The minimum atomic E-state index is 0.0643. The highest BCUT2D eigenvalue weighted by atomic mass is 16.2. The molecule has 0 heterocycles. The first kappa shape index (κ1) is 15.8. The van der Waals surface area contributed by atoms with Gasteiger partial charge in [-0.25, -0.2) is 0 Å². The highest BCUT2D eigenvalue weighted by Gasteiger charge is 2.21. The summed E-state index contributed by atoms with van der Waals surface area (Å²) < 4.78 is 0. The second-order valence-corrected chi connectivity index (χ2v) is 6.22. The summed E-state index contributed by atoms with van der Waals surface area (Å²) in [5.41, 5.74) is 3.85. The van der Waals surface area contributed by atoms with Crippen molar-refractivity contribution in [2.45, 2.75) is 38.3 Å². The molecule has 3 rings (SSSR count). The number of fused-ring (bicyclic) bond motifs is 1. The van der Waals surface area contributed by atoms with Gasteiger partial charge in [0.15, 0.2) is 0 Å². The predicted octanol–water partition coefficient (Wildman–Crippen LogP) is 3.53. The van der Waals surface area contributed by atoms with E-state index in [1.807, 2.05) is 18.2 Å². The molecule has 0 bridgehead atoms. The van der Waals surface area contributed by atoms with Crippen LogP contribution in [0.2, 0.25) is 0 Å². The van der Waals surface area contributed by atoms with E-state index in [4.69, 9.17) is 0 Å². The summed E-state index contributed by atoms with van der Waals surface area (Å²) in [5, 5.41) is 6.48. The van der Waals surface area contributed by atoms with Crippen LogP contribution in [0, 0.1) is 0 Å². The molecule has 0 saturated carbocycles. The molecule has 2 aromatic carbocycles. The monoisotopic (exact) mass is 308 g/mol. The third kappa shape index (κ3) is 3.99. The van der Waals surface area contributed by atoms with E-state index in [1.165, 1.54) is 16.7 Å². The third-order valence-electron chi connectivity index (χ3n) is 4.57. The van der Waals surface area contributed by atoms with Gasteiger partial charge in [0, 0.05) is 6.04 Å². The summed E-state index contributed by atoms with van der Waals surface area (Å²) in [7, 11) is 0. The quantitative estimate of drug-likeness (QED) is 0.887. The van der Waals surface area contributed by atoms with Crippen LogP contribution in [0.4, 0.5) is 0 Å². The lowest BCUT2D eigenvalue weighted by Gasteiger charge is -2.26. The highest BCUT2D eigenvalue weighted by molar-refractivity contribution is 5.78. The van der Waals surface area contributed by atoms with Crippen molar-refractivity contribution in [2.24, 2.45) is 0 Å². The average Bonchev–Trinajstić information content (AvgIpc) is 2.61. The summed E-state index contributed by atoms with van der Waals surface area (Å²) in [6.07, 6.45) is 3.28. The van der Waals surface area contributed by atoms with E-state index in [0.717, 1.165) is 19.3 Å². The Morgan fingerprint density at radius 2 is 1.87 bits per heavy atom. The molecule has 0 radical (unpaired) electrons. The maximum atomic E-state index is 12.3. The number of benzene rings is 2. The minimum Gasteiger partial charge on any atom is -0.348 e. The van der Waals surface area contributed by atoms with Crippen molar-refractivity contribution in [3.8, 4) is 0 Å². The van der Waals surface area contributed by atoms with Gasteiger partial charge in [0.2, 0.25) is 5.91 Å². The van der Waals surface area contributed by atoms with E-state index in [-0.39, 0.29) is 18.0 Å². The van der Waals surface area contributed by atoms with Crippen LogP contribution in [-0.2, 0) is 11.2 Å². The van der Waals surface area contributed by atoms with Crippen molar-refractivity contribution in [3.63, 3.8) is 0 Å². The van der Waals surface area contributed by atoms with Gasteiger partial charge in [0.05, 0.1) is 12.6 Å². The summed E-state index contributed by atoms with van der Waals surface area (Å²) >= 11 is 0. The molecule has 2 N–H and O–H groups in total. The van der Waals surface area contributed by atoms with E-state index in [2.05, 4.69) is 54.0 Å². The van der Waals surface area contributed by atoms with Gasteiger partial charge in [0.1, 0.15) is 0 Å². The molecule has 3 nitrogen and oxygen atoms in total. The summed E-state index contributed by atoms with van der Waals surface area (Å²) in [5.74, 6) is 0.0643. The average molecular weight is 308 g/mol. The van der Waals surface area contributed by atoms with Gasteiger partial charge in [-0.3, -0.25) is 4.79 Å². The number of carbonyl (C=O) groups is 1. The van der Waals surface area contributed by atoms with Crippen LogP contribution in [0.5, 0.6) is 0 Å². The van der Waals surface area contributed by atoms with Crippen LogP contribution in [0.1, 0.15) is 48.5 Å². The second kappa shape index (κ2) is 7.42. The van der Waals surface area contributed by atoms with Crippen LogP contribution >= 0.6 is 0 Å². The lowest BCUT2D eigenvalue weighted by molar-refractivity contribution is -0.121. The minimum absolute atomic E-state index is 0.0643. The molecule has 0 aliphatic heterocycles. The summed E-state index contributed by atoms with van der Waals surface area (Å²) in [4.78, 5) is 12.3. The maximum Gasteiger partial charge on any atom is 0.234 e. The number of amides is 1. The lowest BCUT2D eigenvalue weighted by atomic mass is 9.88. The zero-order valence-corrected chi connectivity index (χ0v) is 13.6. The van der Waals surface area contributed by atoms with Crippen LogP contribution in [0.3, 0.4) is 0 Å². The maximum absolute atomic E-state index is 12.3. The Morgan fingerprint density at radius 3 is 2.70 bits per heavy atom. The van der Waals surface area contributed by atoms with Gasteiger partial charge in [-0.15, -0.1) is 0 Å². The number of carbonyl (C=O) groups excluding carboxylic acids is 1. The lowest BCUT2D eigenvalue weighted by Crippen LogP contribution is -2.38. The molecular weight excluding hydrogens is 284 g/mol. The van der Waals surface area contributed by atoms with Gasteiger partial charge in [-0.1, -0.05) is 54.6 Å². The molecule has 2 atom stereocenters. The molecule has 0 aromatic heterocycles. The van der Waals surface area contributed by atoms with Gasteiger partial charge < -0.3 is 10.6 Å². The molecule has 0 unspecified atom stereocenters. The summed E-state index contributed by atoms with van der Waals surface area (Å²) in [6, 6.07) is 19.0. The Morgan fingerprint density at radius 1 is 1.13 bits per heavy atom. The topological polar surface area (TPSA) is 41.1 Å². The zero-order chi connectivity index (χ0) is 16.1. The highest BCUT2D eigenvalue weighted by Crippen LogP contribution is 2.29. The first-order valence-corrected chi connectivity index (χ1v) is 8.39. The first-order chi connectivity index (χ1) is 11.2. The molecule has 1 aliphatic rings. The van der Waals surface area contributed by atoms with E-state index >= 15 is 0 Å². The van der Waals surface area contributed by atoms with E-state index in [0.29, 0.717) is 6.54 Å². The molecule has 0 saturated heterocycles. The zero-order valence-electron chi connectivity index (χ0n) is 13.6. The Labute approximate surface area is 138 Å². The van der Waals surface area contributed by atoms with Crippen molar-refractivity contribution >= 4 is 5.91 Å². The van der Waals surface area contributed by atoms with E-state index < -0.39 is 0 Å². The Kier molecular flexibility index (Phi) is 5.09. The largest absolute Gasteiger partial charge is 0.348 e. The summed E-state index contributed by atoms with van der Waals surface area (Å²) in [6.45, 7) is 2.42. The Balaban J connectivity index is 1.54. The number of hydrogen-bond donors (Lipinski definition) is 2. The molecule has 1 amide bonds. The number of hydrogen-bond acceptors (Lipinski definition) is 2. The van der Waals surface area contributed by atoms with Crippen molar-refractivity contribution in [2.75, 3.05) is 6.54 Å². The Bertz CT molecular complexity index is 654. The second-order valence-electron chi connectivity index (χ2n) is 6.22. The van der Waals surface area contributed by atoms with Crippen LogP contribution in [0.15, 0.2) is 54.6 Å². The predicted molar refractivity (Wildman–Crippen MR) is 93.1 cm³/mol. The van der Waals surface area contributed by atoms with Crippen LogP contribution < -0.4 is 10.6 Å². The fraction of sp³-hybridized carbons (Fsp3) is 0.350. The molecule has 0 fully saturated rings. The third-order valence-corrected chi connectivity index (χ3v) is 4.57. The van der Waals surface area contributed by atoms with Crippen molar-refractivity contribution in [1.82, 2.24) is 10.6 Å². The normalized spacial score (nSPS) is 18.0. The molecule has 2 aromatic rings. The van der Waals surface area contributed by atoms with Crippen LogP contribution in [-0.4, -0.2) is 12.5 Å².